The number of oxazole rings is 1. The van der Waals surface area contributed by atoms with Gasteiger partial charge in [-0.1, -0.05) is 24.3 Å². The van der Waals surface area contributed by atoms with Crippen LogP contribution in [0.15, 0.2) is 62.6 Å². The molecule has 0 unspecified atom stereocenters. The van der Waals surface area contributed by atoms with E-state index in [1.165, 1.54) is 4.57 Å². The maximum absolute atomic E-state index is 12.1. The lowest BCUT2D eigenvalue weighted by molar-refractivity contribution is -0.142. The second-order valence-corrected chi connectivity index (χ2v) is 6.78. The molecule has 7 heteroatoms. The normalized spacial score (nSPS) is 10.9. The lowest BCUT2D eigenvalue weighted by atomic mass is 10.1. The van der Waals surface area contributed by atoms with Crippen LogP contribution in [0.5, 0.6) is 0 Å². The molecular formula is C20H19NO5S. The number of nitrogens with zero attached hydrogens (tertiary/aromatic N) is 1. The number of thioether (sulfide) groups is 1. The average Bonchev–Trinajstić information content (AvgIpc) is 3.01. The molecule has 3 rings (SSSR count). The van der Waals surface area contributed by atoms with Crippen LogP contribution in [0.3, 0.4) is 0 Å². The van der Waals surface area contributed by atoms with Gasteiger partial charge in [0.05, 0.1) is 5.52 Å². The van der Waals surface area contributed by atoms with Crippen LogP contribution < -0.4 is 5.76 Å². The summed E-state index contributed by atoms with van der Waals surface area (Å²) in [6.45, 7) is 0.0566. The summed E-state index contributed by atoms with van der Waals surface area (Å²) in [6.07, 6.45) is 2.49. The number of hydrogen-bond donors (Lipinski definition) is 0. The van der Waals surface area contributed by atoms with Gasteiger partial charge in [-0.2, -0.15) is 0 Å². The number of carbonyl (C=O) groups is 2. The third-order valence-corrected chi connectivity index (χ3v) is 4.86. The Morgan fingerprint density at radius 2 is 1.85 bits per heavy atom. The number of para-hydroxylation sites is 2. The van der Waals surface area contributed by atoms with E-state index in [0.717, 1.165) is 4.90 Å². The first kappa shape index (κ1) is 19.0. The third kappa shape index (κ3) is 4.68. The smallest absolute Gasteiger partial charge is 0.419 e. The first-order valence-electron chi connectivity index (χ1n) is 8.50. The van der Waals surface area contributed by atoms with Crippen molar-refractivity contribution in [3.05, 3.63) is 64.6 Å². The van der Waals surface area contributed by atoms with Crippen molar-refractivity contribution < 1.29 is 18.7 Å². The molecule has 0 saturated heterocycles. The highest BCUT2D eigenvalue weighted by Gasteiger charge is 2.12. The van der Waals surface area contributed by atoms with Crippen LogP contribution >= 0.6 is 11.8 Å². The summed E-state index contributed by atoms with van der Waals surface area (Å²) in [5.41, 5.74) is 1.72. The van der Waals surface area contributed by atoms with Gasteiger partial charge in [0, 0.05) is 23.4 Å². The fourth-order valence-electron chi connectivity index (χ4n) is 2.69. The van der Waals surface area contributed by atoms with Crippen molar-refractivity contribution in [2.45, 2.75) is 24.3 Å². The molecule has 0 aliphatic heterocycles. The minimum absolute atomic E-state index is 0.116. The van der Waals surface area contributed by atoms with Crippen molar-refractivity contribution in [3.8, 4) is 0 Å². The molecule has 0 saturated carbocycles. The molecule has 140 valence electrons. The van der Waals surface area contributed by atoms with Gasteiger partial charge < -0.3 is 9.15 Å². The van der Waals surface area contributed by atoms with Crippen LogP contribution in [0.2, 0.25) is 0 Å². The number of rotatable bonds is 8. The Morgan fingerprint density at radius 1 is 1.11 bits per heavy atom. The molecule has 0 aliphatic rings. The molecule has 0 radical (unpaired) electrons. The molecule has 27 heavy (non-hydrogen) atoms. The number of carbonyl (C=O) groups excluding carboxylic acids is 2. The number of fused-ring (bicyclic) bond motifs is 1. The summed E-state index contributed by atoms with van der Waals surface area (Å²) in [4.78, 5) is 36.9. The summed E-state index contributed by atoms with van der Waals surface area (Å²) < 4.78 is 11.7. The minimum atomic E-state index is -0.468. The maximum atomic E-state index is 12.1. The van der Waals surface area contributed by atoms with Gasteiger partial charge in [-0.25, -0.2) is 4.79 Å². The quantitative estimate of drug-likeness (QED) is 0.335. The van der Waals surface area contributed by atoms with Gasteiger partial charge in [-0.15, -0.1) is 11.8 Å². The molecule has 3 aromatic rings. The molecule has 6 nitrogen and oxygen atoms in total. The standard InChI is InChI=1S/C20H19NO5S/c1-27-15-10-8-14(9-11-15)17(22)13-25-19(23)7-4-12-21-16-5-2-3-6-18(16)26-20(21)24/h2-3,5-6,8-11H,4,7,12-13H2,1H3. The average molecular weight is 385 g/mol. The minimum Gasteiger partial charge on any atom is -0.457 e. The van der Waals surface area contributed by atoms with Crippen molar-refractivity contribution in [1.82, 2.24) is 4.57 Å². The van der Waals surface area contributed by atoms with E-state index >= 15 is 0 Å². The molecule has 0 atom stereocenters. The summed E-state index contributed by atoms with van der Waals surface area (Å²) in [5, 5.41) is 0. The van der Waals surface area contributed by atoms with Crippen molar-refractivity contribution in [2.75, 3.05) is 12.9 Å². The van der Waals surface area contributed by atoms with E-state index in [1.54, 1.807) is 42.1 Å². The Hall–Kier alpha value is -2.80. The van der Waals surface area contributed by atoms with E-state index in [-0.39, 0.29) is 18.8 Å². The highest BCUT2D eigenvalue weighted by molar-refractivity contribution is 7.98. The van der Waals surface area contributed by atoms with Crippen molar-refractivity contribution in [1.29, 1.82) is 0 Å². The van der Waals surface area contributed by atoms with E-state index in [4.69, 9.17) is 9.15 Å². The lowest BCUT2D eigenvalue weighted by Gasteiger charge is -2.05. The summed E-state index contributed by atoms with van der Waals surface area (Å²) in [6, 6.07) is 14.3. The fraction of sp³-hybridized carbons (Fsp3) is 0.250. The molecular weight excluding hydrogens is 366 g/mol. The summed E-state index contributed by atoms with van der Waals surface area (Å²) in [5.74, 6) is -1.16. The van der Waals surface area contributed by atoms with Gasteiger partial charge >= 0.3 is 11.7 Å². The number of aryl methyl sites for hydroxylation is 1. The molecule has 2 aromatic carbocycles. The predicted octanol–water partition coefficient (Wildman–Crippen LogP) is 3.52. The monoisotopic (exact) mass is 385 g/mol. The summed E-state index contributed by atoms with van der Waals surface area (Å²) >= 11 is 1.59. The number of ketones is 1. The van der Waals surface area contributed by atoms with E-state index in [2.05, 4.69) is 0 Å². The van der Waals surface area contributed by atoms with Gasteiger partial charge in [-0.05, 0) is 36.9 Å². The van der Waals surface area contributed by atoms with Crippen LogP contribution in [0.4, 0.5) is 0 Å². The third-order valence-electron chi connectivity index (χ3n) is 4.11. The Kier molecular flexibility index (Phi) is 6.13. The van der Waals surface area contributed by atoms with E-state index in [0.29, 0.717) is 29.6 Å². The SMILES string of the molecule is CSc1ccc(C(=O)COC(=O)CCCn2c(=O)oc3ccccc32)cc1. The summed E-state index contributed by atoms with van der Waals surface area (Å²) in [7, 11) is 0. The van der Waals surface area contributed by atoms with Crippen LogP contribution in [0.1, 0.15) is 23.2 Å². The Morgan fingerprint density at radius 3 is 2.59 bits per heavy atom. The second kappa shape index (κ2) is 8.73. The topological polar surface area (TPSA) is 78.5 Å². The number of benzene rings is 2. The first-order valence-corrected chi connectivity index (χ1v) is 9.72. The zero-order chi connectivity index (χ0) is 19.2. The molecule has 1 aromatic heterocycles. The van der Waals surface area contributed by atoms with Gasteiger partial charge in [-0.3, -0.25) is 14.2 Å². The van der Waals surface area contributed by atoms with E-state index in [1.807, 2.05) is 24.5 Å². The predicted molar refractivity (Wildman–Crippen MR) is 103 cm³/mol. The fourth-order valence-corrected chi connectivity index (χ4v) is 3.09. The van der Waals surface area contributed by atoms with E-state index in [9.17, 15) is 14.4 Å². The lowest BCUT2D eigenvalue weighted by Crippen LogP contribution is -2.17. The molecule has 0 amide bonds. The molecule has 0 N–H and O–H groups in total. The number of Topliss-reactive ketones (excluding diaryl/α,β-unsaturated/α-hetero) is 1. The Balaban J connectivity index is 1.47. The maximum Gasteiger partial charge on any atom is 0.419 e. The highest BCUT2D eigenvalue weighted by atomic mass is 32.2. The van der Waals surface area contributed by atoms with Gasteiger partial charge in [0.1, 0.15) is 0 Å². The largest absolute Gasteiger partial charge is 0.457 e. The number of hydrogen-bond acceptors (Lipinski definition) is 6. The Labute approximate surface area is 160 Å². The van der Waals surface area contributed by atoms with Gasteiger partial charge in [0.15, 0.2) is 18.0 Å². The molecule has 0 aliphatic carbocycles. The zero-order valence-corrected chi connectivity index (χ0v) is 15.7. The van der Waals surface area contributed by atoms with Crippen molar-refractivity contribution >= 4 is 34.6 Å². The van der Waals surface area contributed by atoms with Crippen LogP contribution in [-0.2, 0) is 16.1 Å². The molecule has 1 heterocycles. The van der Waals surface area contributed by atoms with Crippen LogP contribution in [0.25, 0.3) is 11.1 Å². The number of aromatic nitrogens is 1. The first-order chi connectivity index (χ1) is 13.1. The molecule has 0 bridgehead atoms. The van der Waals surface area contributed by atoms with Crippen LogP contribution in [0, 0.1) is 0 Å². The van der Waals surface area contributed by atoms with Crippen LogP contribution in [-0.4, -0.2) is 29.2 Å². The van der Waals surface area contributed by atoms with Gasteiger partial charge in [0.25, 0.3) is 0 Å². The van der Waals surface area contributed by atoms with E-state index < -0.39 is 11.7 Å². The van der Waals surface area contributed by atoms with Gasteiger partial charge in [0.2, 0.25) is 0 Å². The number of esters is 1. The van der Waals surface area contributed by atoms with Crippen molar-refractivity contribution in [2.24, 2.45) is 0 Å². The second-order valence-electron chi connectivity index (χ2n) is 5.90. The van der Waals surface area contributed by atoms with Crippen molar-refractivity contribution in [3.63, 3.8) is 0 Å². The molecule has 0 fully saturated rings. The molecule has 0 spiro atoms. The Bertz CT molecular complexity index is 1000. The zero-order valence-electron chi connectivity index (χ0n) is 14.8. The highest BCUT2D eigenvalue weighted by Crippen LogP contribution is 2.15. The number of ether oxygens (including phenoxy) is 1.